The first kappa shape index (κ1) is 18.9. The molecule has 0 heterocycles. The number of carboxylic acid groups (broad SMARTS) is 1. The van der Waals surface area contributed by atoms with Gasteiger partial charge in [-0.1, -0.05) is 51.0 Å². The van der Waals surface area contributed by atoms with Crippen molar-refractivity contribution in [1.82, 2.24) is 5.32 Å². The molecule has 5 nitrogen and oxygen atoms in total. The summed E-state index contributed by atoms with van der Waals surface area (Å²) in [6.07, 6.45) is 3.00. The van der Waals surface area contributed by atoms with Crippen LogP contribution in [0.15, 0.2) is 24.3 Å². The molecule has 0 unspecified atom stereocenters. The summed E-state index contributed by atoms with van der Waals surface area (Å²) < 4.78 is 0. The van der Waals surface area contributed by atoms with Gasteiger partial charge in [0.25, 0.3) is 0 Å². The normalized spacial score (nSPS) is 11.7. The quantitative estimate of drug-likeness (QED) is 0.649. The number of aliphatic carboxylic acids is 1. The maximum atomic E-state index is 12.0. The molecule has 0 aliphatic carbocycles. The molecule has 1 amide bonds. The summed E-state index contributed by atoms with van der Waals surface area (Å²) in [6.45, 7) is 4.00. The second-order valence-electron chi connectivity index (χ2n) is 5.57. The Morgan fingerprint density at radius 1 is 1.09 bits per heavy atom. The molecule has 0 spiro atoms. The molecule has 0 fully saturated rings. The lowest BCUT2D eigenvalue weighted by molar-refractivity contribution is -0.142. The number of unbranched alkanes of at least 4 members (excludes halogenated alkanes) is 1. The lowest BCUT2D eigenvalue weighted by Crippen LogP contribution is -2.40. The van der Waals surface area contributed by atoms with Gasteiger partial charge in [0.2, 0.25) is 5.91 Å². The van der Waals surface area contributed by atoms with Crippen molar-refractivity contribution in [2.24, 2.45) is 0 Å². The minimum Gasteiger partial charge on any atom is -0.480 e. The van der Waals surface area contributed by atoms with Gasteiger partial charge >= 0.3 is 5.97 Å². The Labute approximate surface area is 137 Å². The monoisotopic (exact) mass is 319 g/mol. The van der Waals surface area contributed by atoms with E-state index in [1.54, 1.807) is 12.1 Å². The fraction of sp³-hybridized carbons (Fsp3) is 0.500. The number of ketones is 1. The van der Waals surface area contributed by atoms with Crippen molar-refractivity contribution in [1.29, 1.82) is 0 Å². The Morgan fingerprint density at radius 2 is 1.74 bits per heavy atom. The van der Waals surface area contributed by atoms with E-state index in [4.69, 9.17) is 5.11 Å². The van der Waals surface area contributed by atoms with Gasteiger partial charge in [-0.15, -0.1) is 0 Å². The number of benzene rings is 1. The van der Waals surface area contributed by atoms with Crippen molar-refractivity contribution in [2.45, 2.75) is 58.4 Å². The molecule has 0 aliphatic heterocycles. The number of carbonyl (C=O) groups excluding carboxylic acids is 2. The molecule has 0 bridgehead atoms. The maximum Gasteiger partial charge on any atom is 0.326 e. The van der Waals surface area contributed by atoms with Gasteiger partial charge < -0.3 is 10.4 Å². The third-order valence-corrected chi connectivity index (χ3v) is 3.74. The molecule has 0 saturated heterocycles. The Balaban J connectivity index is 2.47. The van der Waals surface area contributed by atoms with Gasteiger partial charge in [-0.25, -0.2) is 4.79 Å². The van der Waals surface area contributed by atoms with Crippen LogP contribution in [0.1, 0.15) is 61.9 Å². The topological polar surface area (TPSA) is 83.5 Å². The Kier molecular flexibility index (Phi) is 8.02. The minimum atomic E-state index is -1.03. The molecule has 1 rings (SSSR count). The van der Waals surface area contributed by atoms with Gasteiger partial charge in [0, 0.05) is 18.4 Å². The first-order valence-corrected chi connectivity index (χ1v) is 8.12. The van der Waals surface area contributed by atoms with Crippen LogP contribution in [0.3, 0.4) is 0 Å². The van der Waals surface area contributed by atoms with Gasteiger partial charge in [-0.2, -0.15) is 0 Å². The number of aryl methyl sites for hydroxylation is 1. The number of hydrogen-bond donors (Lipinski definition) is 2. The van der Waals surface area contributed by atoms with Crippen molar-refractivity contribution in [3.63, 3.8) is 0 Å². The van der Waals surface area contributed by atoms with E-state index in [-0.39, 0.29) is 18.6 Å². The zero-order valence-electron chi connectivity index (χ0n) is 13.8. The Morgan fingerprint density at radius 3 is 2.26 bits per heavy atom. The molecule has 1 atom stereocenters. The van der Waals surface area contributed by atoms with E-state index in [0.717, 1.165) is 24.8 Å². The number of rotatable bonds is 10. The van der Waals surface area contributed by atoms with E-state index in [1.165, 1.54) is 0 Å². The van der Waals surface area contributed by atoms with E-state index in [0.29, 0.717) is 12.0 Å². The van der Waals surface area contributed by atoms with E-state index in [2.05, 4.69) is 5.32 Å². The van der Waals surface area contributed by atoms with Crippen LogP contribution < -0.4 is 5.32 Å². The van der Waals surface area contributed by atoms with Crippen LogP contribution in [-0.4, -0.2) is 28.8 Å². The van der Waals surface area contributed by atoms with Crippen molar-refractivity contribution in [2.75, 3.05) is 0 Å². The standard InChI is InChI=1S/C18H25NO4/c1-3-5-6-15(18(22)23)19-17(21)12-11-16(20)14-9-7-13(4-2)8-10-14/h7-10,15H,3-6,11-12H2,1-2H3,(H,19,21)(H,22,23)/t15-/m0/s1. The van der Waals surface area contributed by atoms with E-state index in [1.807, 2.05) is 26.0 Å². The summed E-state index contributed by atoms with van der Waals surface area (Å²) in [5.41, 5.74) is 1.73. The van der Waals surface area contributed by atoms with Crippen molar-refractivity contribution in [3.8, 4) is 0 Å². The van der Waals surface area contributed by atoms with Crippen molar-refractivity contribution >= 4 is 17.7 Å². The number of carbonyl (C=O) groups is 3. The molecular weight excluding hydrogens is 294 g/mol. The number of hydrogen-bond acceptors (Lipinski definition) is 3. The van der Waals surface area contributed by atoms with Crippen molar-refractivity contribution in [3.05, 3.63) is 35.4 Å². The van der Waals surface area contributed by atoms with Gasteiger partial charge in [0.15, 0.2) is 5.78 Å². The molecular formula is C18H25NO4. The molecule has 1 aromatic rings. The molecule has 23 heavy (non-hydrogen) atoms. The fourth-order valence-corrected chi connectivity index (χ4v) is 2.23. The van der Waals surface area contributed by atoms with Crippen LogP contribution in [0, 0.1) is 0 Å². The molecule has 0 radical (unpaired) electrons. The largest absolute Gasteiger partial charge is 0.480 e. The second-order valence-corrected chi connectivity index (χ2v) is 5.57. The second kappa shape index (κ2) is 9.77. The molecule has 5 heteroatoms. The Bertz CT molecular complexity index is 536. The van der Waals surface area contributed by atoms with E-state index in [9.17, 15) is 14.4 Å². The third kappa shape index (κ3) is 6.63. The summed E-state index contributed by atoms with van der Waals surface area (Å²) in [6, 6.07) is 6.46. The number of amides is 1. The zero-order chi connectivity index (χ0) is 17.2. The van der Waals surface area contributed by atoms with Gasteiger partial charge in [0.1, 0.15) is 6.04 Å². The van der Waals surface area contributed by atoms with Crippen molar-refractivity contribution < 1.29 is 19.5 Å². The van der Waals surface area contributed by atoms with E-state index >= 15 is 0 Å². The van der Waals surface area contributed by atoms with Crippen LogP contribution in [0.2, 0.25) is 0 Å². The average Bonchev–Trinajstić information content (AvgIpc) is 2.56. The summed E-state index contributed by atoms with van der Waals surface area (Å²) in [5, 5.41) is 11.6. The highest BCUT2D eigenvalue weighted by molar-refractivity contribution is 5.98. The summed E-state index contributed by atoms with van der Waals surface area (Å²) in [4.78, 5) is 35.0. The van der Waals surface area contributed by atoms with Gasteiger partial charge in [-0.3, -0.25) is 9.59 Å². The predicted octanol–water partition coefficient (Wildman–Crippen LogP) is 2.97. The maximum absolute atomic E-state index is 12.0. The van der Waals surface area contributed by atoms with Gasteiger partial charge in [-0.05, 0) is 18.4 Å². The minimum absolute atomic E-state index is 0.00423. The van der Waals surface area contributed by atoms with E-state index < -0.39 is 17.9 Å². The number of Topliss-reactive ketones (excluding diaryl/α,β-unsaturated/α-hetero) is 1. The zero-order valence-corrected chi connectivity index (χ0v) is 13.8. The molecule has 0 saturated carbocycles. The van der Waals surface area contributed by atoms with Crippen LogP contribution >= 0.6 is 0 Å². The lowest BCUT2D eigenvalue weighted by Gasteiger charge is -2.13. The highest BCUT2D eigenvalue weighted by Crippen LogP contribution is 2.09. The molecule has 2 N–H and O–H groups in total. The summed E-state index contributed by atoms with van der Waals surface area (Å²) >= 11 is 0. The predicted molar refractivity (Wildman–Crippen MR) is 88.5 cm³/mol. The first-order chi connectivity index (χ1) is 11.0. The summed E-state index contributed by atoms with van der Waals surface area (Å²) in [5.74, 6) is -1.54. The highest BCUT2D eigenvalue weighted by Gasteiger charge is 2.19. The molecule has 0 aliphatic rings. The van der Waals surface area contributed by atoms with Crippen LogP contribution in [0.25, 0.3) is 0 Å². The average molecular weight is 319 g/mol. The smallest absolute Gasteiger partial charge is 0.326 e. The van der Waals surface area contributed by atoms with Gasteiger partial charge in [0.05, 0.1) is 0 Å². The third-order valence-electron chi connectivity index (χ3n) is 3.74. The first-order valence-electron chi connectivity index (χ1n) is 8.12. The van der Waals surface area contributed by atoms with Crippen LogP contribution in [-0.2, 0) is 16.0 Å². The lowest BCUT2D eigenvalue weighted by atomic mass is 10.0. The fourth-order valence-electron chi connectivity index (χ4n) is 2.23. The number of carboxylic acids is 1. The van der Waals surface area contributed by atoms with Crippen LogP contribution in [0.4, 0.5) is 0 Å². The summed E-state index contributed by atoms with van der Waals surface area (Å²) in [7, 11) is 0. The molecule has 1 aromatic carbocycles. The Hall–Kier alpha value is -2.17. The molecule has 126 valence electrons. The highest BCUT2D eigenvalue weighted by atomic mass is 16.4. The molecule has 0 aromatic heterocycles. The number of nitrogens with one attached hydrogen (secondary N) is 1. The van der Waals surface area contributed by atoms with Crippen LogP contribution in [0.5, 0.6) is 0 Å². The SMILES string of the molecule is CCCC[C@H](NC(=O)CCC(=O)c1ccc(CC)cc1)C(=O)O.